The van der Waals surface area contributed by atoms with Crippen LogP contribution >= 0.6 is 11.6 Å². The summed E-state index contributed by atoms with van der Waals surface area (Å²) in [5.74, 6) is -0.170. The molecule has 2 rings (SSSR count). The highest BCUT2D eigenvalue weighted by molar-refractivity contribution is 6.30. The molecule has 0 unspecified atom stereocenters. The van der Waals surface area contributed by atoms with Gasteiger partial charge in [0.15, 0.2) is 0 Å². The van der Waals surface area contributed by atoms with E-state index in [0.717, 1.165) is 31.7 Å². The van der Waals surface area contributed by atoms with Crippen LogP contribution in [0.5, 0.6) is 0 Å². The summed E-state index contributed by atoms with van der Waals surface area (Å²) in [5.41, 5.74) is 0.914. The van der Waals surface area contributed by atoms with Gasteiger partial charge in [0.25, 0.3) is 0 Å². The first-order chi connectivity index (χ1) is 9.10. The van der Waals surface area contributed by atoms with Crippen LogP contribution in [0, 0.1) is 5.82 Å². The van der Waals surface area contributed by atoms with Crippen LogP contribution in [0.15, 0.2) is 18.2 Å². The molecule has 1 aliphatic rings. The van der Waals surface area contributed by atoms with Gasteiger partial charge in [0.2, 0.25) is 5.91 Å². The zero-order chi connectivity index (χ0) is 13.8. The molecule has 1 aromatic rings. The quantitative estimate of drug-likeness (QED) is 0.852. The van der Waals surface area contributed by atoms with Gasteiger partial charge in [-0.2, -0.15) is 0 Å². The smallest absolute Gasteiger partial charge is 0.222 e. The Balaban J connectivity index is 1.88. The van der Waals surface area contributed by atoms with E-state index in [0.29, 0.717) is 13.0 Å². The van der Waals surface area contributed by atoms with Crippen molar-refractivity contribution in [2.45, 2.75) is 19.9 Å². The number of benzene rings is 1. The molecule has 1 amide bonds. The Hall–Kier alpha value is -1.13. The maximum atomic E-state index is 13.3. The second kappa shape index (κ2) is 6.35. The topological polar surface area (TPSA) is 23.6 Å². The molecule has 19 heavy (non-hydrogen) atoms. The Morgan fingerprint density at radius 3 is 2.58 bits per heavy atom. The van der Waals surface area contributed by atoms with Gasteiger partial charge in [-0.25, -0.2) is 4.39 Å². The Labute approximate surface area is 117 Å². The Morgan fingerprint density at radius 2 is 2.00 bits per heavy atom. The van der Waals surface area contributed by atoms with Crippen LogP contribution in [-0.2, 0) is 11.3 Å². The molecular formula is C14H18ClFN2O. The molecule has 104 valence electrons. The van der Waals surface area contributed by atoms with E-state index < -0.39 is 0 Å². The summed E-state index contributed by atoms with van der Waals surface area (Å²) < 4.78 is 13.3. The highest BCUT2D eigenvalue weighted by Gasteiger charge is 2.19. The molecule has 0 spiro atoms. The maximum absolute atomic E-state index is 13.3. The zero-order valence-electron chi connectivity index (χ0n) is 11.0. The van der Waals surface area contributed by atoms with Crippen molar-refractivity contribution in [3.8, 4) is 0 Å². The number of carbonyl (C=O) groups excluding carboxylic acids is 1. The van der Waals surface area contributed by atoms with Crippen LogP contribution in [0.2, 0.25) is 5.02 Å². The molecule has 1 saturated heterocycles. The summed E-state index contributed by atoms with van der Waals surface area (Å²) >= 11 is 5.66. The van der Waals surface area contributed by atoms with Crippen molar-refractivity contribution in [1.29, 1.82) is 0 Å². The Kier molecular flexibility index (Phi) is 4.77. The summed E-state index contributed by atoms with van der Waals surface area (Å²) in [6.45, 7) is 5.74. The van der Waals surface area contributed by atoms with Crippen LogP contribution in [0.25, 0.3) is 0 Å². The average molecular weight is 285 g/mol. The highest BCUT2D eigenvalue weighted by Crippen LogP contribution is 2.17. The van der Waals surface area contributed by atoms with E-state index in [9.17, 15) is 9.18 Å². The van der Waals surface area contributed by atoms with Crippen LogP contribution in [0.4, 0.5) is 4.39 Å². The van der Waals surface area contributed by atoms with E-state index in [1.165, 1.54) is 6.07 Å². The number of hydrogen-bond donors (Lipinski definition) is 0. The summed E-state index contributed by atoms with van der Waals surface area (Å²) in [7, 11) is 0. The van der Waals surface area contributed by atoms with Gasteiger partial charge in [-0.3, -0.25) is 9.69 Å². The third kappa shape index (κ3) is 3.67. The fraction of sp³-hybridized carbons (Fsp3) is 0.500. The monoisotopic (exact) mass is 284 g/mol. The molecule has 0 aliphatic carbocycles. The summed E-state index contributed by atoms with van der Waals surface area (Å²) in [4.78, 5) is 15.7. The van der Waals surface area contributed by atoms with Crippen molar-refractivity contribution < 1.29 is 9.18 Å². The molecule has 3 nitrogen and oxygen atoms in total. The minimum atomic E-state index is -0.376. The largest absolute Gasteiger partial charge is 0.340 e. The standard InChI is InChI=1S/C14H18ClFN2O/c1-2-14(19)18-7-5-17(6-8-18)10-11-3-4-12(15)13(16)9-11/h3-4,9H,2,5-8,10H2,1H3. The summed E-state index contributed by atoms with van der Waals surface area (Å²) in [6, 6.07) is 4.91. The lowest BCUT2D eigenvalue weighted by molar-refractivity contribution is -0.132. The molecule has 0 bridgehead atoms. The number of nitrogens with zero attached hydrogens (tertiary/aromatic N) is 2. The first kappa shape index (κ1) is 14.3. The number of rotatable bonds is 3. The van der Waals surface area contributed by atoms with E-state index in [1.54, 1.807) is 6.07 Å². The molecule has 0 N–H and O–H groups in total. The summed E-state index contributed by atoms with van der Waals surface area (Å²) in [6.07, 6.45) is 0.558. The fourth-order valence-corrected chi connectivity index (χ4v) is 2.39. The van der Waals surface area contributed by atoms with E-state index in [1.807, 2.05) is 17.9 Å². The van der Waals surface area contributed by atoms with Gasteiger partial charge in [0.1, 0.15) is 5.82 Å². The zero-order valence-corrected chi connectivity index (χ0v) is 11.8. The third-order valence-corrected chi connectivity index (χ3v) is 3.72. The molecule has 1 heterocycles. The molecule has 0 radical (unpaired) electrons. The first-order valence-corrected chi connectivity index (χ1v) is 6.92. The minimum Gasteiger partial charge on any atom is -0.340 e. The van der Waals surface area contributed by atoms with Crippen LogP contribution in [0.1, 0.15) is 18.9 Å². The molecular weight excluding hydrogens is 267 g/mol. The third-order valence-electron chi connectivity index (χ3n) is 3.42. The Morgan fingerprint density at radius 1 is 1.32 bits per heavy atom. The molecule has 1 aliphatic heterocycles. The van der Waals surface area contributed by atoms with Gasteiger partial charge in [0.05, 0.1) is 5.02 Å². The second-order valence-electron chi connectivity index (χ2n) is 4.76. The van der Waals surface area contributed by atoms with E-state index in [4.69, 9.17) is 11.6 Å². The summed E-state index contributed by atoms with van der Waals surface area (Å²) in [5, 5.41) is 0.155. The molecule has 0 atom stereocenters. The number of carbonyl (C=O) groups is 1. The van der Waals surface area contributed by atoms with Gasteiger partial charge in [0, 0.05) is 39.1 Å². The van der Waals surface area contributed by atoms with Gasteiger partial charge < -0.3 is 4.90 Å². The number of halogens is 2. The minimum absolute atomic E-state index is 0.155. The van der Waals surface area contributed by atoms with E-state index in [2.05, 4.69) is 4.90 Å². The first-order valence-electron chi connectivity index (χ1n) is 6.54. The van der Waals surface area contributed by atoms with Crippen molar-refractivity contribution >= 4 is 17.5 Å². The maximum Gasteiger partial charge on any atom is 0.222 e. The van der Waals surface area contributed by atoms with Crippen molar-refractivity contribution in [2.75, 3.05) is 26.2 Å². The Bertz CT molecular complexity index is 459. The second-order valence-corrected chi connectivity index (χ2v) is 5.17. The lowest BCUT2D eigenvalue weighted by Gasteiger charge is -2.34. The number of piperazine rings is 1. The molecule has 0 saturated carbocycles. The average Bonchev–Trinajstić information content (AvgIpc) is 2.43. The predicted molar refractivity (Wildman–Crippen MR) is 73.6 cm³/mol. The lowest BCUT2D eigenvalue weighted by Crippen LogP contribution is -2.48. The molecule has 1 aromatic carbocycles. The normalized spacial score (nSPS) is 16.7. The van der Waals surface area contributed by atoms with Crippen molar-refractivity contribution in [3.63, 3.8) is 0 Å². The van der Waals surface area contributed by atoms with Gasteiger partial charge in [-0.15, -0.1) is 0 Å². The fourth-order valence-electron chi connectivity index (χ4n) is 2.28. The predicted octanol–water partition coefficient (Wildman–Crippen LogP) is 2.53. The highest BCUT2D eigenvalue weighted by atomic mass is 35.5. The van der Waals surface area contributed by atoms with Crippen LogP contribution in [0.3, 0.4) is 0 Å². The van der Waals surface area contributed by atoms with Crippen LogP contribution < -0.4 is 0 Å². The SMILES string of the molecule is CCC(=O)N1CCN(Cc2ccc(Cl)c(F)c2)CC1. The van der Waals surface area contributed by atoms with E-state index >= 15 is 0 Å². The number of hydrogen-bond acceptors (Lipinski definition) is 2. The van der Waals surface area contributed by atoms with Gasteiger partial charge in [-0.05, 0) is 17.7 Å². The number of amides is 1. The van der Waals surface area contributed by atoms with Gasteiger partial charge in [-0.1, -0.05) is 24.6 Å². The van der Waals surface area contributed by atoms with Gasteiger partial charge >= 0.3 is 0 Å². The van der Waals surface area contributed by atoms with Crippen molar-refractivity contribution in [3.05, 3.63) is 34.6 Å². The molecule has 5 heteroatoms. The van der Waals surface area contributed by atoms with Crippen molar-refractivity contribution in [2.24, 2.45) is 0 Å². The molecule has 0 aromatic heterocycles. The van der Waals surface area contributed by atoms with Crippen LogP contribution in [-0.4, -0.2) is 41.9 Å². The van der Waals surface area contributed by atoms with Crippen molar-refractivity contribution in [1.82, 2.24) is 9.80 Å². The van der Waals surface area contributed by atoms with E-state index in [-0.39, 0.29) is 16.7 Å². The molecule has 1 fully saturated rings. The lowest BCUT2D eigenvalue weighted by atomic mass is 10.2.